The van der Waals surface area contributed by atoms with Gasteiger partial charge >= 0.3 is 0 Å². The largest absolute Gasteiger partial charge is 0.386 e. The van der Waals surface area contributed by atoms with E-state index >= 15 is 0 Å². The smallest absolute Gasteiger partial charge is 0.0863 e. The highest BCUT2D eigenvalue weighted by molar-refractivity contribution is 5.89. The molecule has 2 heteroatoms. The SMILES string of the molecule is Cc1c(C(C)(C)O)c2cccc3c2n1CCC3. The number of aryl methyl sites for hydroxylation is 2. The van der Waals surface area contributed by atoms with Crippen molar-refractivity contribution in [1.29, 1.82) is 0 Å². The lowest BCUT2D eigenvalue weighted by Gasteiger charge is -2.19. The zero-order valence-electron chi connectivity index (χ0n) is 10.7. The Hall–Kier alpha value is -1.28. The first-order valence-electron chi connectivity index (χ1n) is 6.33. The molecule has 2 nitrogen and oxygen atoms in total. The molecule has 0 amide bonds. The van der Waals surface area contributed by atoms with Crippen molar-refractivity contribution in [2.75, 3.05) is 0 Å². The van der Waals surface area contributed by atoms with Gasteiger partial charge in [0.2, 0.25) is 0 Å². The van der Waals surface area contributed by atoms with E-state index < -0.39 is 5.60 Å². The van der Waals surface area contributed by atoms with Crippen molar-refractivity contribution in [3.8, 4) is 0 Å². The van der Waals surface area contributed by atoms with Gasteiger partial charge in [-0.15, -0.1) is 0 Å². The summed E-state index contributed by atoms with van der Waals surface area (Å²) in [6, 6.07) is 6.47. The predicted molar refractivity (Wildman–Crippen MR) is 70.2 cm³/mol. The molecule has 0 saturated heterocycles. The summed E-state index contributed by atoms with van der Waals surface area (Å²) < 4.78 is 2.38. The standard InChI is InChI=1S/C15H19NO/c1-10-13(15(2,3)17)12-8-4-6-11-7-5-9-16(10)14(11)12/h4,6,8,17H,5,7,9H2,1-3H3. The molecule has 1 aliphatic rings. The van der Waals surface area contributed by atoms with E-state index in [1.165, 1.54) is 28.6 Å². The van der Waals surface area contributed by atoms with Crippen LogP contribution in [0.25, 0.3) is 10.9 Å². The molecule has 1 aromatic carbocycles. The number of hydrogen-bond acceptors (Lipinski definition) is 1. The first-order chi connectivity index (χ1) is 8.00. The number of benzene rings is 1. The Labute approximate surface area is 102 Å². The van der Waals surface area contributed by atoms with Crippen LogP contribution in [0.1, 0.15) is 37.1 Å². The number of aromatic nitrogens is 1. The molecule has 0 saturated carbocycles. The van der Waals surface area contributed by atoms with Crippen LogP contribution in [0.5, 0.6) is 0 Å². The fourth-order valence-corrected chi connectivity index (χ4v) is 3.29. The molecule has 0 fully saturated rings. The third-order valence-electron chi connectivity index (χ3n) is 3.87. The molecule has 0 bridgehead atoms. The molecule has 1 N–H and O–H groups in total. The van der Waals surface area contributed by atoms with E-state index in [4.69, 9.17) is 0 Å². The first kappa shape index (κ1) is 10.8. The van der Waals surface area contributed by atoms with Gasteiger partial charge in [-0.3, -0.25) is 0 Å². The van der Waals surface area contributed by atoms with Crippen molar-refractivity contribution in [3.63, 3.8) is 0 Å². The van der Waals surface area contributed by atoms with E-state index in [0.717, 1.165) is 18.5 Å². The zero-order valence-corrected chi connectivity index (χ0v) is 10.7. The molecule has 1 aromatic heterocycles. The van der Waals surface area contributed by atoms with Gasteiger partial charge in [0.1, 0.15) is 0 Å². The van der Waals surface area contributed by atoms with E-state index in [0.29, 0.717) is 0 Å². The average Bonchev–Trinajstić information content (AvgIpc) is 2.54. The summed E-state index contributed by atoms with van der Waals surface area (Å²) in [6.45, 7) is 6.96. The van der Waals surface area contributed by atoms with E-state index in [1.54, 1.807) is 0 Å². The molecule has 0 aliphatic carbocycles. The zero-order chi connectivity index (χ0) is 12.2. The maximum absolute atomic E-state index is 10.4. The molecular weight excluding hydrogens is 210 g/mol. The second-order valence-corrected chi connectivity index (χ2v) is 5.59. The Morgan fingerprint density at radius 3 is 2.76 bits per heavy atom. The summed E-state index contributed by atoms with van der Waals surface area (Å²) in [5, 5.41) is 11.6. The van der Waals surface area contributed by atoms with Crippen molar-refractivity contribution in [2.45, 2.75) is 45.8 Å². The third kappa shape index (κ3) is 1.44. The molecule has 0 spiro atoms. The number of para-hydroxylation sites is 1. The number of nitrogens with zero attached hydrogens (tertiary/aromatic N) is 1. The molecule has 90 valence electrons. The van der Waals surface area contributed by atoms with Crippen LogP contribution in [0.15, 0.2) is 18.2 Å². The Balaban J connectivity index is 2.46. The van der Waals surface area contributed by atoms with Crippen LogP contribution in [0.3, 0.4) is 0 Å². The quantitative estimate of drug-likeness (QED) is 0.798. The first-order valence-corrected chi connectivity index (χ1v) is 6.33. The van der Waals surface area contributed by atoms with Crippen molar-refractivity contribution < 1.29 is 5.11 Å². The van der Waals surface area contributed by atoms with Crippen LogP contribution in [0.2, 0.25) is 0 Å². The Morgan fingerprint density at radius 1 is 1.29 bits per heavy atom. The molecule has 2 aromatic rings. The van der Waals surface area contributed by atoms with Crippen molar-refractivity contribution in [1.82, 2.24) is 4.57 Å². The second-order valence-electron chi connectivity index (χ2n) is 5.59. The minimum absolute atomic E-state index is 0.767. The van der Waals surface area contributed by atoms with Gasteiger partial charge in [-0.1, -0.05) is 18.2 Å². The molecule has 2 heterocycles. The Kier molecular flexibility index (Phi) is 2.14. The molecule has 17 heavy (non-hydrogen) atoms. The Morgan fingerprint density at radius 2 is 2.06 bits per heavy atom. The van der Waals surface area contributed by atoms with Crippen molar-refractivity contribution in [2.24, 2.45) is 0 Å². The van der Waals surface area contributed by atoms with Gasteiger partial charge in [0.25, 0.3) is 0 Å². The van der Waals surface area contributed by atoms with Crippen LogP contribution in [0.4, 0.5) is 0 Å². The summed E-state index contributed by atoms with van der Waals surface area (Å²) >= 11 is 0. The predicted octanol–water partition coefficient (Wildman–Crippen LogP) is 3.12. The van der Waals surface area contributed by atoms with Crippen LogP contribution in [-0.4, -0.2) is 9.67 Å². The molecular formula is C15H19NO. The maximum atomic E-state index is 10.4. The maximum Gasteiger partial charge on any atom is 0.0863 e. The normalized spacial score (nSPS) is 15.5. The van der Waals surface area contributed by atoms with Crippen LogP contribution >= 0.6 is 0 Å². The summed E-state index contributed by atoms with van der Waals surface area (Å²) in [5.74, 6) is 0. The molecule has 0 atom stereocenters. The van der Waals surface area contributed by atoms with Crippen LogP contribution < -0.4 is 0 Å². The van der Waals surface area contributed by atoms with Gasteiger partial charge in [0.15, 0.2) is 0 Å². The summed E-state index contributed by atoms with van der Waals surface area (Å²) in [7, 11) is 0. The van der Waals surface area contributed by atoms with Crippen molar-refractivity contribution in [3.05, 3.63) is 35.0 Å². The molecule has 0 unspecified atom stereocenters. The fourth-order valence-electron chi connectivity index (χ4n) is 3.29. The highest BCUT2D eigenvalue weighted by Gasteiger charge is 2.27. The molecule has 0 radical (unpaired) electrons. The number of aliphatic hydroxyl groups is 1. The Bertz CT molecular complexity index is 587. The minimum Gasteiger partial charge on any atom is -0.386 e. The highest BCUT2D eigenvalue weighted by atomic mass is 16.3. The minimum atomic E-state index is -0.767. The van der Waals surface area contributed by atoms with E-state index in [1.807, 2.05) is 13.8 Å². The fraction of sp³-hybridized carbons (Fsp3) is 0.467. The summed E-state index contributed by atoms with van der Waals surface area (Å²) in [6.07, 6.45) is 2.36. The third-order valence-corrected chi connectivity index (χ3v) is 3.87. The highest BCUT2D eigenvalue weighted by Crippen LogP contribution is 2.37. The van der Waals surface area contributed by atoms with Crippen LogP contribution in [-0.2, 0) is 18.6 Å². The molecule has 1 aliphatic heterocycles. The molecule has 3 rings (SSSR count). The number of hydrogen-bond donors (Lipinski definition) is 1. The lowest BCUT2D eigenvalue weighted by molar-refractivity contribution is 0.0792. The monoisotopic (exact) mass is 229 g/mol. The van der Waals surface area contributed by atoms with Gasteiger partial charge in [-0.25, -0.2) is 0 Å². The van der Waals surface area contributed by atoms with Gasteiger partial charge in [-0.05, 0) is 39.2 Å². The number of rotatable bonds is 1. The van der Waals surface area contributed by atoms with E-state index in [9.17, 15) is 5.11 Å². The lowest BCUT2D eigenvalue weighted by Crippen LogP contribution is -2.17. The second kappa shape index (κ2) is 3.36. The van der Waals surface area contributed by atoms with Gasteiger partial charge in [-0.2, -0.15) is 0 Å². The van der Waals surface area contributed by atoms with Gasteiger partial charge in [0, 0.05) is 23.2 Å². The van der Waals surface area contributed by atoms with Crippen LogP contribution in [0, 0.1) is 6.92 Å². The summed E-state index contributed by atoms with van der Waals surface area (Å²) in [5.41, 5.74) is 4.31. The van der Waals surface area contributed by atoms with Gasteiger partial charge < -0.3 is 9.67 Å². The topological polar surface area (TPSA) is 25.2 Å². The van der Waals surface area contributed by atoms with E-state index in [-0.39, 0.29) is 0 Å². The van der Waals surface area contributed by atoms with Gasteiger partial charge in [0.05, 0.1) is 11.1 Å². The van der Waals surface area contributed by atoms with E-state index in [2.05, 4.69) is 29.7 Å². The average molecular weight is 229 g/mol. The van der Waals surface area contributed by atoms with Crippen molar-refractivity contribution >= 4 is 10.9 Å². The lowest BCUT2D eigenvalue weighted by atomic mass is 9.94. The summed E-state index contributed by atoms with van der Waals surface area (Å²) in [4.78, 5) is 0.